The molecule has 0 bridgehead atoms. The first-order chi connectivity index (χ1) is 23.8. The number of primary amides is 1. The number of piperazine rings is 1. The first kappa shape index (κ1) is 37.7. The lowest BCUT2D eigenvalue weighted by molar-refractivity contribution is -0.137. The fourth-order valence-corrected chi connectivity index (χ4v) is 5.25. The molecule has 0 aromatic carbocycles. The van der Waals surface area contributed by atoms with Crippen molar-refractivity contribution in [3.8, 4) is 12.3 Å². The van der Waals surface area contributed by atoms with Crippen molar-refractivity contribution in [1.29, 1.82) is 0 Å². The first-order valence-electron chi connectivity index (χ1n) is 16.8. The van der Waals surface area contributed by atoms with Crippen molar-refractivity contribution < 1.29 is 28.5 Å². The Bertz CT molecular complexity index is 1360. The summed E-state index contributed by atoms with van der Waals surface area (Å²) in [5, 5.41) is 11.6. The number of nitrogens with zero attached hydrogens (tertiary/aromatic N) is 9. The van der Waals surface area contributed by atoms with E-state index in [4.69, 9.17) is 46.8 Å². The van der Waals surface area contributed by atoms with Gasteiger partial charge in [-0.15, -0.1) is 11.5 Å². The molecular weight excluding hydrogens is 636 g/mol. The molecule has 3 atom stereocenters. The van der Waals surface area contributed by atoms with Gasteiger partial charge in [-0.1, -0.05) is 31.4 Å². The van der Waals surface area contributed by atoms with Crippen LogP contribution in [0.4, 0.5) is 17.8 Å². The standard InChI is InChI=1S/C31H50N12O6/c1-4-13-46-17-19-49-20-18-47-14-6-34-29-35-30(37-31(36-29)42-11-15-48-16-12-42)41-9-7-40(8-10-41)28(45)25(21-26(32)44)43-22-24(38-39-43)27(33)23(3)5-2/h1,22-23,25,27H,5-21,33H2,2-3H3,(H2,32,44)(H,34,35,36,37)/t23-,25-,27?/m0/s1. The van der Waals surface area contributed by atoms with Gasteiger partial charge in [0.05, 0.1) is 70.6 Å². The third-order valence-corrected chi connectivity index (χ3v) is 8.36. The van der Waals surface area contributed by atoms with Gasteiger partial charge in [0, 0.05) is 45.8 Å². The predicted octanol–water partition coefficient (Wildman–Crippen LogP) is -0.794. The second-order valence-electron chi connectivity index (χ2n) is 11.8. The fraction of sp³-hybridized carbons (Fsp3) is 0.710. The summed E-state index contributed by atoms with van der Waals surface area (Å²) in [6.45, 7) is 11.2. The quantitative estimate of drug-likeness (QED) is 0.115. The van der Waals surface area contributed by atoms with Gasteiger partial charge in [-0.05, 0) is 5.92 Å². The number of terminal acetylenes is 1. The third-order valence-electron chi connectivity index (χ3n) is 8.36. The topological polar surface area (TPSA) is 214 Å². The maximum absolute atomic E-state index is 13.7. The van der Waals surface area contributed by atoms with Crippen LogP contribution >= 0.6 is 0 Å². The van der Waals surface area contributed by atoms with Crippen LogP contribution in [0.25, 0.3) is 0 Å². The van der Waals surface area contributed by atoms with E-state index in [1.54, 1.807) is 11.1 Å². The zero-order valence-corrected chi connectivity index (χ0v) is 28.5. The second kappa shape index (κ2) is 19.7. The average molecular weight is 687 g/mol. The van der Waals surface area contributed by atoms with Crippen molar-refractivity contribution in [3.05, 3.63) is 11.9 Å². The Morgan fingerprint density at radius 3 is 2.24 bits per heavy atom. The van der Waals surface area contributed by atoms with Crippen LogP contribution in [0.1, 0.15) is 44.5 Å². The average Bonchev–Trinajstić information content (AvgIpc) is 3.62. The smallest absolute Gasteiger partial charge is 0.248 e. The van der Waals surface area contributed by atoms with Gasteiger partial charge in [-0.2, -0.15) is 15.0 Å². The Labute approximate surface area is 287 Å². The van der Waals surface area contributed by atoms with Crippen molar-refractivity contribution in [2.45, 2.75) is 38.8 Å². The van der Waals surface area contributed by atoms with Crippen LogP contribution in [0.15, 0.2) is 6.20 Å². The third kappa shape index (κ3) is 11.5. The van der Waals surface area contributed by atoms with Crippen molar-refractivity contribution in [3.63, 3.8) is 0 Å². The zero-order valence-electron chi connectivity index (χ0n) is 28.5. The molecule has 2 saturated heterocycles. The molecule has 0 spiro atoms. The van der Waals surface area contributed by atoms with E-state index < -0.39 is 11.9 Å². The number of anilines is 3. The number of hydrogen-bond donors (Lipinski definition) is 3. The monoisotopic (exact) mass is 686 g/mol. The molecule has 270 valence electrons. The lowest BCUT2D eigenvalue weighted by Crippen LogP contribution is -2.51. The van der Waals surface area contributed by atoms with E-state index >= 15 is 0 Å². The Morgan fingerprint density at radius 2 is 1.61 bits per heavy atom. The molecular formula is C31H50N12O6. The molecule has 5 N–H and O–H groups in total. The summed E-state index contributed by atoms with van der Waals surface area (Å²) in [5.41, 5.74) is 12.4. The van der Waals surface area contributed by atoms with Crippen LogP contribution in [0, 0.1) is 18.3 Å². The number of hydrogen-bond acceptors (Lipinski definition) is 15. The van der Waals surface area contributed by atoms with Crippen molar-refractivity contribution in [2.24, 2.45) is 17.4 Å². The van der Waals surface area contributed by atoms with Gasteiger partial charge in [0.25, 0.3) is 0 Å². The first-order valence-corrected chi connectivity index (χ1v) is 16.8. The number of amides is 2. The van der Waals surface area contributed by atoms with Gasteiger partial charge < -0.3 is 50.4 Å². The van der Waals surface area contributed by atoms with Gasteiger partial charge >= 0.3 is 0 Å². The number of ether oxygens (including phenoxy) is 4. The van der Waals surface area contributed by atoms with Crippen LogP contribution in [0.5, 0.6) is 0 Å². The van der Waals surface area contributed by atoms with Crippen molar-refractivity contribution >= 4 is 29.7 Å². The zero-order chi connectivity index (χ0) is 35.0. The summed E-state index contributed by atoms with van der Waals surface area (Å²) in [4.78, 5) is 45.6. The summed E-state index contributed by atoms with van der Waals surface area (Å²) >= 11 is 0. The van der Waals surface area contributed by atoms with Crippen LogP contribution in [0.2, 0.25) is 0 Å². The number of nitrogens with one attached hydrogen (secondary N) is 1. The molecule has 18 heteroatoms. The minimum atomic E-state index is -0.919. The van der Waals surface area contributed by atoms with Gasteiger partial charge in [0.15, 0.2) is 0 Å². The summed E-state index contributed by atoms with van der Waals surface area (Å²) in [7, 11) is 0. The lowest BCUT2D eigenvalue weighted by atomic mass is 9.98. The molecule has 4 rings (SSSR count). The van der Waals surface area contributed by atoms with Gasteiger partial charge in [0.2, 0.25) is 29.7 Å². The highest BCUT2D eigenvalue weighted by Gasteiger charge is 2.32. The summed E-state index contributed by atoms with van der Waals surface area (Å²) in [6.07, 6.45) is 7.45. The molecule has 4 heterocycles. The highest BCUT2D eigenvalue weighted by molar-refractivity contribution is 5.86. The number of carbonyl (C=O) groups is 2. The Hall–Kier alpha value is -4.15. The number of aromatic nitrogens is 6. The maximum atomic E-state index is 13.7. The molecule has 2 aliphatic rings. The molecule has 0 radical (unpaired) electrons. The van der Waals surface area contributed by atoms with Gasteiger partial charge in [-0.3, -0.25) is 9.59 Å². The van der Waals surface area contributed by atoms with E-state index in [2.05, 4.69) is 31.4 Å². The highest BCUT2D eigenvalue weighted by atomic mass is 16.5. The minimum Gasteiger partial charge on any atom is -0.378 e. The lowest BCUT2D eigenvalue weighted by Gasteiger charge is -2.36. The Balaban J connectivity index is 1.35. The molecule has 2 amide bonds. The second-order valence-corrected chi connectivity index (χ2v) is 11.8. The van der Waals surface area contributed by atoms with Crippen molar-refractivity contribution in [1.82, 2.24) is 34.8 Å². The Kier molecular flexibility index (Phi) is 15.2. The van der Waals surface area contributed by atoms with E-state index in [0.717, 1.165) is 6.42 Å². The van der Waals surface area contributed by atoms with E-state index in [0.29, 0.717) is 116 Å². The molecule has 2 aromatic rings. The largest absolute Gasteiger partial charge is 0.378 e. The predicted molar refractivity (Wildman–Crippen MR) is 181 cm³/mol. The summed E-state index contributed by atoms with van der Waals surface area (Å²) < 4.78 is 23.2. The fourth-order valence-electron chi connectivity index (χ4n) is 5.25. The van der Waals surface area contributed by atoms with Gasteiger partial charge in [-0.25, -0.2) is 4.68 Å². The highest BCUT2D eigenvalue weighted by Crippen LogP contribution is 2.24. The maximum Gasteiger partial charge on any atom is 0.248 e. The number of carbonyl (C=O) groups excluding carboxylic acids is 2. The molecule has 0 aliphatic carbocycles. The SMILES string of the molecule is C#CCOCCOCCOCCNc1nc(N2CCOCC2)nc(N2CCN(C(=O)[C@H](CC(N)=O)n3cc(C(N)[C@@H](C)CC)nn3)CC2)n1. The Morgan fingerprint density at radius 1 is 0.980 bits per heavy atom. The molecule has 1 unspecified atom stereocenters. The summed E-state index contributed by atoms with van der Waals surface area (Å²) in [5.74, 6) is 3.19. The number of rotatable bonds is 20. The van der Waals surface area contributed by atoms with Crippen molar-refractivity contribution in [2.75, 3.05) is 114 Å². The number of morpholine rings is 1. The molecule has 49 heavy (non-hydrogen) atoms. The molecule has 2 aromatic heterocycles. The minimum absolute atomic E-state index is 0.174. The molecule has 2 fully saturated rings. The van der Waals surface area contributed by atoms with E-state index in [9.17, 15) is 9.59 Å². The molecule has 18 nitrogen and oxygen atoms in total. The molecule has 0 saturated carbocycles. The van der Waals surface area contributed by atoms with Crippen LogP contribution in [0.3, 0.4) is 0 Å². The van der Waals surface area contributed by atoms with E-state index in [1.165, 1.54) is 4.68 Å². The van der Waals surface area contributed by atoms with Crippen LogP contribution in [-0.4, -0.2) is 145 Å². The van der Waals surface area contributed by atoms with Crippen LogP contribution in [-0.2, 0) is 28.5 Å². The van der Waals surface area contributed by atoms with Gasteiger partial charge in [0.1, 0.15) is 12.6 Å². The van der Waals surface area contributed by atoms with Crippen LogP contribution < -0.4 is 26.6 Å². The molecule has 2 aliphatic heterocycles. The normalized spacial score (nSPS) is 17.0. The number of nitrogens with two attached hydrogens (primary N) is 2. The van der Waals surface area contributed by atoms with E-state index in [-0.39, 0.29) is 30.9 Å². The summed E-state index contributed by atoms with van der Waals surface area (Å²) in [6, 6.07) is -1.26. The van der Waals surface area contributed by atoms with E-state index in [1.807, 2.05) is 18.7 Å².